The standard InChI is InChI=1S/C21H22N4O4S/c1-12(2)18(24-19(27)17-5-4-10-29-17)20(28)25-21-23-16(11-30-21)14-6-8-15(9-7-14)22-13(3)26/h4-12,18H,1-3H3,(H,22,26)(H,24,27)(H,23,25,28). The summed E-state index contributed by atoms with van der Waals surface area (Å²) in [6, 6.07) is 9.65. The van der Waals surface area contributed by atoms with Gasteiger partial charge in [0.05, 0.1) is 12.0 Å². The predicted molar refractivity (Wildman–Crippen MR) is 115 cm³/mol. The second kappa shape index (κ2) is 9.36. The lowest BCUT2D eigenvalue weighted by molar-refractivity contribution is -0.119. The Labute approximate surface area is 177 Å². The molecule has 0 aliphatic rings. The van der Waals surface area contributed by atoms with Crippen molar-refractivity contribution in [1.82, 2.24) is 10.3 Å². The normalized spacial score (nSPS) is 11.7. The lowest BCUT2D eigenvalue weighted by Gasteiger charge is -2.20. The van der Waals surface area contributed by atoms with Gasteiger partial charge in [0.15, 0.2) is 10.9 Å². The maximum atomic E-state index is 12.7. The Bertz CT molecular complexity index is 1030. The van der Waals surface area contributed by atoms with Crippen molar-refractivity contribution in [3.05, 3.63) is 53.8 Å². The SMILES string of the molecule is CC(=O)Nc1ccc(-c2csc(NC(=O)C(NC(=O)c3ccco3)C(C)C)n2)cc1. The van der Waals surface area contributed by atoms with Gasteiger partial charge < -0.3 is 20.4 Å². The number of aromatic nitrogens is 1. The van der Waals surface area contributed by atoms with Crippen LogP contribution in [0.2, 0.25) is 0 Å². The number of carbonyl (C=O) groups excluding carboxylic acids is 3. The lowest BCUT2D eigenvalue weighted by atomic mass is 10.0. The fourth-order valence-electron chi connectivity index (χ4n) is 2.73. The van der Waals surface area contributed by atoms with Crippen LogP contribution in [-0.2, 0) is 9.59 Å². The highest BCUT2D eigenvalue weighted by atomic mass is 32.1. The van der Waals surface area contributed by atoms with Crippen LogP contribution in [0, 0.1) is 5.92 Å². The van der Waals surface area contributed by atoms with E-state index in [0.29, 0.717) is 16.5 Å². The van der Waals surface area contributed by atoms with Gasteiger partial charge in [-0.3, -0.25) is 14.4 Å². The number of anilines is 2. The van der Waals surface area contributed by atoms with Crippen molar-refractivity contribution in [2.75, 3.05) is 10.6 Å². The fraction of sp³-hybridized carbons (Fsp3) is 0.238. The zero-order chi connectivity index (χ0) is 21.7. The maximum absolute atomic E-state index is 12.7. The first-order valence-electron chi connectivity index (χ1n) is 9.32. The molecule has 1 aromatic carbocycles. The molecule has 3 amide bonds. The van der Waals surface area contributed by atoms with Crippen LogP contribution >= 0.6 is 11.3 Å². The molecule has 156 valence electrons. The number of hydrogen-bond acceptors (Lipinski definition) is 6. The van der Waals surface area contributed by atoms with Crippen LogP contribution in [-0.4, -0.2) is 28.7 Å². The first kappa shape index (κ1) is 21.3. The maximum Gasteiger partial charge on any atom is 0.287 e. The molecule has 2 heterocycles. The van der Waals surface area contributed by atoms with Crippen molar-refractivity contribution in [1.29, 1.82) is 0 Å². The molecule has 0 saturated carbocycles. The molecular weight excluding hydrogens is 404 g/mol. The lowest BCUT2D eigenvalue weighted by Crippen LogP contribution is -2.47. The first-order chi connectivity index (χ1) is 14.3. The van der Waals surface area contributed by atoms with E-state index >= 15 is 0 Å². The Morgan fingerprint density at radius 2 is 1.80 bits per heavy atom. The van der Waals surface area contributed by atoms with E-state index in [-0.39, 0.29) is 23.5 Å². The van der Waals surface area contributed by atoms with Gasteiger partial charge in [0.1, 0.15) is 6.04 Å². The molecule has 8 nitrogen and oxygen atoms in total. The number of hydrogen-bond donors (Lipinski definition) is 3. The van der Waals surface area contributed by atoms with Gasteiger partial charge in [-0.25, -0.2) is 4.98 Å². The third kappa shape index (κ3) is 5.32. The average Bonchev–Trinajstić information content (AvgIpc) is 3.38. The molecule has 0 saturated heterocycles. The summed E-state index contributed by atoms with van der Waals surface area (Å²) in [6.07, 6.45) is 1.40. The minimum absolute atomic E-state index is 0.135. The van der Waals surface area contributed by atoms with E-state index in [4.69, 9.17) is 4.42 Å². The molecule has 0 bridgehead atoms. The van der Waals surface area contributed by atoms with E-state index in [1.807, 2.05) is 31.4 Å². The number of nitrogens with one attached hydrogen (secondary N) is 3. The smallest absolute Gasteiger partial charge is 0.287 e. The summed E-state index contributed by atoms with van der Waals surface area (Å²) in [7, 11) is 0. The fourth-order valence-corrected chi connectivity index (χ4v) is 3.45. The number of rotatable bonds is 7. The van der Waals surface area contributed by atoms with Crippen molar-refractivity contribution in [2.24, 2.45) is 5.92 Å². The third-order valence-electron chi connectivity index (χ3n) is 4.22. The molecule has 3 N–H and O–H groups in total. The van der Waals surface area contributed by atoms with Gasteiger partial charge in [-0.2, -0.15) is 0 Å². The zero-order valence-electron chi connectivity index (χ0n) is 16.8. The van der Waals surface area contributed by atoms with Crippen LogP contribution in [0.4, 0.5) is 10.8 Å². The van der Waals surface area contributed by atoms with E-state index in [0.717, 1.165) is 5.56 Å². The Morgan fingerprint density at radius 1 is 1.07 bits per heavy atom. The molecule has 1 atom stereocenters. The average molecular weight is 426 g/mol. The summed E-state index contributed by atoms with van der Waals surface area (Å²) in [6.45, 7) is 5.14. The van der Waals surface area contributed by atoms with Crippen molar-refractivity contribution in [3.63, 3.8) is 0 Å². The summed E-state index contributed by atoms with van der Waals surface area (Å²) in [4.78, 5) is 40.5. The minimum Gasteiger partial charge on any atom is -0.459 e. The molecule has 2 aromatic heterocycles. The van der Waals surface area contributed by atoms with Gasteiger partial charge in [-0.15, -0.1) is 11.3 Å². The van der Waals surface area contributed by atoms with Gasteiger partial charge in [0.25, 0.3) is 5.91 Å². The Balaban J connectivity index is 1.66. The summed E-state index contributed by atoms with van der Waals surface area (Å²) >= 11 is 1.29. The monoisotopic (exact) mass is 426 g/mol. The highest BCUT2D eigenvalue weighted by Crippen LogP contribution is 2.26. The molecular formula is C21H22N4O4S. The minimum atomic E-state index is -0.744. The first-order valence-corrected chi connectivity index (χ1v) is 10.2. The number of carbonyl (C=O) groups is 3. The summed E-state index contributed by atoms with van der Waals surface area (Å²) in [5.74, 6) is -0.933. The largest absolute Gasteiger partial charge is 0.459 e. The van der Waals surface area contributed by atoms with E-state index in [2.05, 4.69) is 20.9 Å². The number of benzene rings is 1. The van der Waals surface area contributed by atoms with E-state index in [1.165, 1.54) is 30.6 Å². The topological polar surface area (TPSA) is 113 Å². The number of furan rings is 1. The molecule has 0 aliphatic carbocycles. The highest BCUT2D eigenvalue weighted by molar-refractivity contribution is 7.14. The van der Waals surface area contributed by atoms with E-state index in [1.54, 1.807) is 18.2 Å². The van der Waals surface area contributed by atoms with Gasteiger partial charge >= 0.3 is 0 Å². The van der Waals surface area contributed by atoms with Crippen molar-refractivity contribution in [3.8, 4) is 11.3 Å². The predicted octanol–water partition coefficient (Wildman–Crippen LogP) is 3.75. The van der Waals surface area contributed by atoms with E-state index < -0.39 is 11.9 Å². The number of amides is 3. The number of thiazole rings is 1. The Hall–Kier alpha value is -3.46. The zero-order valence-corrected chi connectivity index (χ0v) is 17.6. The van der Waals surface area contributed by atoms with Crippen LogP contribution in [0.15, 0.2) is 52.5 Å². The Morgan fingerprint density at radius 3 is 2.40 bits per heavy atom. The molecule has 30 heavy (non-hydrogen) atoms. The highest BCUT2D eigenvalue weighted by Gasteiger charge is 2.26. The van der Waals surface area contributed by atoms with Crippen LogP contribution in [0.5, 0.6) is 0 Å². The van der Waals surface area contributed by atoms with Crippen LogP contribution in [0.1, 0.15) is 31.3 Å². The van der Waals surface area contributed by atoms with Gasteiger partial charge in [0, 0.05) is 23.6 Å². The number of nitrogens with zero attached hydrogens (tertiary/aromatic N) is 1. The third-order valence-corrected chi connectivity index (χ3v) is 4.97. The van der Waals surface area contributed by atoms with E-state index in [9.17, 15) is 14.4 Å². The van der Waals surface area contributed by atoms with Gasteiger partial charge in [0.2, 0.25) is 11.8 Å². The summed E-state index contributed by atoms with van der Waals surface area (Å²) in [5.41, 5.74) is 2.25. The molecule has 0 radical (unpaired) electrons. The van der Waals surface area contributed by atoms with Crippen molar-refractivity contribution < 1.29 is 18.8 Å². The van der Waals surface area contributed by atoms with Crippen molar-refractivity contribution in [2.45, 2.75) is 26.8 Å². The molecule has 0 spiro atoms. The molecule has 9 heteroatoms. The Kier molecular flexibility index (Phi) is 6.63. The van der Waals surface area contributed by atoms with Gasteiger partial charge in [-0.05, 0) is 30.2 Å². The van der Waals surface area contributed by atoms with Crippen LogP contribution in [0.25, 0.3) is 11.3 Å². The molecule has 1 unspecified atom stereocenters. The van der Waals surface area contributed by atoms with Crippen molar-refractivity contribution >= 4 is 39.9 Å². The van der Waals surface area contributed by atoms with Crippen LogP contribution in [0.3, 0.4) is 0 Å². The second-order valence-electron chi connectivity index (χ2n) is 6.96. The second-order valence-corrected chi connectivity index (χ2v) is 7.82. The molecule has 3 aromatic rings. The molecule has 0 fully saturated rings. The van der Waals surface area contributed by atoms with Crippen LogP contribution < -0.4 is 16.0 Å². The van der Waals surface area contributed by atoms with Gasteiger partial charge in [-0.1, -0.05) is 26.0 Å². The molecule has 0 aliphatic heterocycles. The summed E-state index contributed by atoms with van der Waals surface area (Å²) in [5, 5.41) is 10.4. The summed E-state index contributed by atoms with van der Waals surface area (Å²) < 4.78 is 5.08. The molecule has 3 rings (SSSR count). The quantitative estimate of drug-likeness (QED) is 0.532.